The molecule has 0 fully saturated rings. The Morgan fingerprint density at radius 2 is 1.93 bits per heavy atom. The van der Waals surface area contributed by atoms with Gasteiger partial charge in [0.1, 0.15) is 11.5 Å². The average molecular weight is 419 g/mol. The Morgan fingerprint density at radius 3 is 2.59 bits per heavy atom. The van der Waals surface area contributed by atoms with E-state index in [9.17, 15) is 4.79 Å². The van der Waals surface area contributed by atoms with E-state index >= 15 is 0 Å². The number of carbonyl (C=O) groups is 1. The number of benzene rings is 2. The van der Waals surface area contributed by atoms with Crippen molar-refractivity contribution in [2.24, 2.45) is 0 Å². The number of aryl methyl sites for hydroxylation is 1. The van der Waals surface area contributed by atoms with Gasteiger partial charge in [0.15, 0.2) is 0 Å². The summed E-state index contributed by atoms with van der Waals surface area (Å²) in [7, 11) is 1.66. The van der Waals surface area contributed by atoms with E-state index < -0.39 is 5.97 Å². The van der Waals surface area contributed by atoms with Crippen LogP contribution in [0.3, 0.4) is 0 Å². The van der Waals surface area contributed by atoms with E-state index in [-0.39, 0.29) is 6.54 Å². The number of likely N-dealkylation sites (N-methyl/N-ethyl adjacent to an activating group) is 1. The SMILES string of the molecule is Cc1ccc2nc(-c3ccc(Cl)cc3Cl)cc(C(=S)N(C)CC(=O)O)c2c1. The lowest BCUT2D eigenvalue weighted by molar-refractivity contribution is -0.137. The number of hydrogen-bond donors (Lipinski definition) is 1. The Morgan fingerprint density at radius 1 is 1.19 bits per heavy atom. The number of aliphatic carboxylic acids is 1. The molecule has 0 saturated heterocycles. The first-order valence-corrected chi connectivity index (χ1v) is 9.27. The molecular weight excluding hydrogens is 403 g/mol. The van der Waals surface area contributed by atoms with Crippen LogP contribution in [0.4, 0.5) is 0 Å². The molecule has 0 spiro atoms. The second kappa shape index (κ2) is 7.80. The lowest BCUT2D eigenvalue weighted by atomic mass is 10.0. The van der Waals surface area contributed by atoms with Crippen molar-refractivity contribution in [1.82, 2.24) is 9.88 Å². The fourth-order valence-corrected chi connectivity index (χ4v) is 3.57. The zero-order valence-electron chi connectivity index (χ0n) is 14.7. The Labute approximate surface area is 172 Å². The van der Waals surface area contributed by atoms with E-state index in [1.165, 1.54) is 4.90 Å². The third-order valence-corrected chi connectivity index (χ3v) is 5.20. The maximum atomic E-state index is 11.1. The van der Waals surface area contributed by atoms with Gasteiger partial charge in [-0.15, -0.1) is 0 Å². The summed E-state index contributed by atoms with van der Waals surface area (Å²) in [5.74, 6) is -0.949. The molecule has 2 aromatic carbocycles. The van der Waals surface area contributed by atoms with Gasteiger partial charge in [-0.05, 0) is 43.3 Å². The second-order valence-corrected chi connectivity index (χ2v) is 7.49. The highest BCUT2D eigenvalue weighted by atomic mass is 35.5. The van der Waals surface area contributed by atoms with Gasteiger partial charge in [0, 0.05) is 28.6 Å². The molecule has 1 N–H and O–H groups in total. The lowest BCUT2D eigenvalue weighted by Gasteiger charge is -2.20. The van der Waals surface area contributed by atoms with Crippen LogP contribution in [0.25, 0.3) is 22.2 Å². The van der Waals surface area contributed by atoms with Crippen molar-refractivity contribution >= 4 is 57.3 Å². The number of carboxylic acid groups (broad SMARTS) is 1. The highest BCUT2D eigenvalue weighted by Gasteiger charge is 2.17. The first-order valence-electron chi connectivity index (χ1n) is 8.10. The minimum Gasteiger partial charge on any atom is -0.480 e. The monoisotopic (exact) mass is 418 g/mol. The maximum Gasteiger partial charge on any atom is 0.323 e. The van der Waals surface area contributed by atoms with Gasteiger partial charge in [-0.3, -0.25) is 4.79 Å². The minimum absolute atomic E-state index is 0.189. The van der Waals surface area contributed by atoms with Crippen LogP contribution in [-0.4, -0.2) is 39.5 Å². The predicted octanol–water partition coefficient (Wildman–Crippen LogP) is 5.21. The van der Waals surface area contributed by atoms with Crippen molar-refractivity contribution < 1.29 is 9.90 Å². The third-order valence-electron chi connectivity index (χ3n) is 4.12. The zero-order chi connectivity index (χ0) is 19.7. The molecule has 0 aliphatic carbocycles. The van der Waals surface area contributed by atoms with Crippen molar-refractivity contribution in [3.63, 3.8) is 0 Å². The molecule has 0 aliphatic rings. The van der Waals surface area contributed by atoms with Gasteiger partial charge < -0.3 is 10.0 Å². The standard InChI is InChI=1S/C20H16Cl2N2O2S/c1-11-3-6-17-14(7-11)15(20(27)24(2)10-19(25)26)9-18(23-17)13-5-4-12(21)8-16(13)22/h3-9H,10H2,1-2H3,(H,25,26). The van der Waals surface area contributed by atoms with E-state index in [0.717, 1.165) is 27.6 Å². The molecule has 0 radical (unpaired) electrons. The quantitative estimate of drug-likeness (QED) is 0.589. The number of thiocarbonyl (C=S) groups is 1. The molecule has 27 heavy (non-hydrogen) atoms. The smallest absolute Gasteiger partial charge is 0.323 e. The predicted molar refractivity (Wildman–Crippen MR) is 114 cm³/mol. The molecule has 3 aromatic rings. The van der Waals surface area contributed by atoms with Crippen LogP contribution in [0.15, 0.2) is 42.5 Å². The van der Waals surface area contributed by atoms with Crippen LogP contribution in [0.2, 0.25) is 10.0 Å². The zero-order valence-corrected chi connectivity index (χ0v) is 17.0. The molecule has 4 nitrogen and oxygen atoms in total. The molecule has 1 aromatic heterocycles. The summed E-state index contributed by atoms with van der Waals surface area (Å²) < 4.78 is 0. The van der Waals surface area contributed by atoms with Crippen LogP contribution >= 0.6 is 35.4 Å². The molecule has 1 heterocycles. The van der Waals surface area contributed by atoms with E-state index in [0.29, 0.717) is 20.7 Å². The molecular formula is C20H16Cl2N2O2S. The summed E-state index contributed by atoms with van der Waals surface area (Å²) in [6.45, 7) is 1.79. The Bertz CT molecular complexity index is 1070. The molecule has 138 valence electrons. The summed E-state index contributed by atoms with van der Waals surface area (Å²) in [5, 5.41) is 11.0. The van der Waals surface area contributed by atoms with Crippen molar-refractivity contribution in [1.29, 1.82) is 0 Å². The number of pyridine rings is 1. The van der Waals surface area contributed by atoms with E-state index in [4.69, 9.17) is 45.5 Å². The molecule has 0 atom stereocenters. The summed E-state index contributed by atoms with van der Waals surface area (Å²) in [6.07, 6.45) is 0. The van der Waals surface area contributed by atoms with E-state index in [2.05, 4.69) is 0 Å². The van der Waals surface area contributed by atoms with E-state index in [1.807, 2.05) is 31.2 Å². The Hall–Kier alpha value is -2.21. The molecule has 0 aliphatic heterocycles. The van der Waals surface area contributed by atoms with Crippen molar-refractivity contribution in [2.75, 3.05) is 13.6 Å². The fourth-order valence-electron chi connectivity index (χ4n) is 2.83. The molecule has 0 bridgehead atoms. The second-order valence-electron chi connectivity index (χ2n) is 6.25. The van der Waals surface area contributed by atoms with Gasteiger partial charge in [-0.2, -0.15) is 0 Å². The van der Waals surface area contributed by atoms with Gasteiger partial charge in [-0.1, -0.05) is 47.0 Å². The summed E-state index contributed by atoms with van der Waals surface area (Å²) in [6, 6.07) is 12.9. The van der Waals surface area contributed by atoms with Crippen molar-refractivity contribution in [3.05, 3.63) is 63.6 Å². The van der Waals surface area contributed by atoms with Crippen LogP contribution in [0.5, 0.6) is 0 Å². The van der Waals surface area contributed by atoms with Gasteiger partial charge in [0.05, 0.1) is 16.2 Å². The van der Waals surface area contributed by atoms with Gasteiger partial charge in [0.2, 0.25) is 0 Å². The molecule has 0 unspecified atom stereocenters. The van der Waals surface area contributed by atoms with Crippen LogP contribution in [0.1, 0.15) is 11.1 Å². The number of hydrogen-bond acceptors (Lipinski definition) is 3. The summed E-state index contributed by atoms with van der Waals surface area (Å²) in [5.41, 5.74) is 3.93. The number of rotatable bonds is 4. The maximum absolute atomic E-state index is 11.1. The van der Waals surface area contributed by atoms with Gasteiger partial charge in [0.25, 0.3) is 0 Å². The van der Waals surface area contributed by atoms with Crippen molar-refractivity contribution in [2.45, 2.75) is 6.92 Å². The number of nitrogens with zero attached hydrogens (tertiary/aromatic N) is 2. The molecule has 0 saturated carbocycles. The van der Waals surface area contributed by atoms with E-state index in [1.54, 1.807) is 25.2 Å². The lowest BCUT2D eigenvalue weighted by Crippen LogP contribution is -2.31. The highest BCUT2D eigenvalue weighted by molar-refractivity contribution is 7.80. The average Bonchev–Trinajstić information content (AvgIpc) is 2.59. The number of aromatic nitrogens is 1. The minimum atomic E-state index is -0.949. The van der Waals surface area contributed by atoms with Crippen molar-refractivity contribution in [3.8, 4) is 11.3 Å². The summed E-state index contributed by atoms with van der Waals surface area (Å²) in [4.78, 5) is 17.8. The van der Waals surface area contributed by atoms with Crippen LogP contribution < -0.4 is 0 Å². The highest BCUT2D eigenvalue weighted by Crippen LogP contribution is 2.32. The number of fused-ring (bicyclic) bond motifs is 1. The summed E-state index contributed by atoms with van der Waals surface area (Å²) >= 11 is 17.9. The topological polar surface area (TPSA) is 53.4 Å². The largest absolute Gasteiger partial charge is 0.480 e. The van der Waals surface area contributed by atoms with Gasteiger partial charge >= 0.3 is 5.97 Å². The number of carboxylic acids is 1. The third kappa shape index (κ3) is 4.21. The van der Waals surface area contributed by atoms with Gasteiger partial charge in [-0.25, -0.2) is 4.98 Å². The first-order chi connectivity index (χ1) is 12.8. The Balaban J connectivity index is 2.22. The molecule has 3 rings (SSSR count). The number of halogens is 2. The first kappa shape index (κ1) is 19.5. The fraction of sp³-hybridized carbons (Fsp3) is 0.150. The van der Waals surface area contributed by atoms with Crippen LogP contribution in [0, 0.1) is 6.92 Å². The molecule has 0 amide bonds. The Kier molecular flexibility index (Phi) is 5.65. The molecule has 7 heteroatoms. The normalized spacial score (nSPS) is 10.8. The van der Waals surface area contributed by atoms with Crippen LogP contribution in [-0.2, 0) is 4.79 Å².